The smallest absolute Gasteiger partial charge is 0.234 e. The molecule has 0 atom stereocenters. The molecule has 0 radical (unpaired) electrons. The van der Waals surface area contributed by atoms with Crippen LogP contribution < -0.4 is 5.32 Å². The highest BCUT2D eigenvalue weighted by Gasteiger charge is 2.12. The summed E-state index contributed by atoms with van der Waals surface area (Å²) >= 11 is 1.34. The molecule has 0 saturated carbocycles. The summed E-state index contributed by atoms with van der Waals surface area (Å²) in [7, 11) is 0. The Hall–Kier alpha value is -3.19. The Kier molecular flexibility index (Phi) is 5.57. The molecule has 29 heavy (non-hydrogen) atoms. The number of aryl methyl sites for hydroxylation is 1. The van der Waals surface area contributed by atoms with Gasteiger partial charge in [-0.1, -0.05) is 43.0 Å². The Balaban J connectivity index is 1.49. The summed E-state index contributed by atoms with van der Waals surface area (Å²) < 4.78 is 14.7. The lowest BCUT2D eigenvalue weighted by Gasteiger charge is -2.05. The predicted octanol–water partition coefficient (Wildman–Crippen LogP) is 4.83. The summed E-state index contributed by atoms with van der Waals surface area (Å²) in [5.74, 6) is -0.329. The normalized spacial score (nSPS) is 11.0. The number of carbonyl (C=O) groups is 1. The monoisotopic (exact) mass is 406 g/mol. The van der Waals surface area contributed by atoms with E-state index in [-0.39, 0.29) is 17.5 Å². The van der Waals surface area contributed by atoms with Gasteiger partial charge in [-0.3, -0.25) is 4.79 Å². The van der Waals surface area contributed by atoms with Crippen molar-refractivity contribution in [2.75, 3.05) is 11.1 Å². The van der Waals surface area contributed by atoms with Gasteiger partial charge in [-0.25, -0.2) is 13.9 Å². The summed E-state index contributed by atoms with van der Waals surface area (Å²) in [4.78, 5) is 16.6. The standard InChI is InChI=1S/C22H19FN4OS/c1-2-15-3-5-16(6-4-15)19-13-20-22(24-11-12-27(20)26-19)29-14-21(28)25-18-9-7-17(23)8-10-18/h3-13H,2,14H2,1H3,(H,25,28). The highest BCUT2D eigenvalue weighted by Crippen LogP contribution is 2.26. The van der Waals surface area contributed by atoms with Crippen LogP contribution in [-0.4, -0.2) is 26.3 Å². The fourth-order valence-electron chi connectivity index (χ4n) is 2.93. The fourth-order valence-corrected chi connectivity index (χ4v) is 3.70. The van der Waals surface area contributed by atoms with Crippen molar-refractivity contribution in [2.24, 2.45) is 0 Å². The average molecular weight is 406 g/mol. The van der Waals surface area contributed by atoms with Gasteiger partial charge in [0, 0.05) is 23.6 Å². The first-order valence-electron chi connectivity index (χ1n) is 9.24. The molecule has 7 heteroatoms. The van der Waals surface area contributed by atoms with Gasteiger partial charge < -0.3 is 5.32 Å². The molecule has 0 unspecified atom stereocenters. The van der Waals surface area contributed by atoms with E-state index in [1.165, 1.54) is 41.6 Å². The van der Waals surface area contributed by atoms with Crippen molar-refractivity contribution < 1.29 is 9.18 Å². The Morgan fingerprint density at radius 1 is 1.14 bits per heavy atom. The molecular formula is C22H19FN4OS. The molecule has 2 heterocycles. The van der Waals surface area contributed by atoms with Crippen molar-refractivity contribution in [3.63, 3.8) is 0 Å². The van der Waals surface area contributed by atoms with Crippen molar-refractivity contribution in [1.82, 2.24) is 14.6 Å². The van der Waals surface area contributed by atoms with E-state index in [0.29, 0.717) is 5.69 Å². The second-order valence-electron chi connectivity index (χ2n) is 6.49. The molecule has 5 nitrogen and oxygen atoms in total. The fraction of sp³-hybridized carbons (Fsp3) is 0.136. The third kappa shape index (κ3) is 4.46. The average Bonchev–Trinajstić information content (AvgIpc) is 3.19. The van der Waals surface area contributed by atoms with Crippen molar-refractivity contribution in [2.45, 2.75) is 18.4 Å². The Morgan fingerprint density at radius 3 is 2.62 bits per heavy atom. The van der Waals surface area contributed by atoms with Crippen LogP contribution in [0.2, 0.25) is 0 Å². The maximum atomic E-state index is 13.0. The van der Waals surface area contributed by atoms with Crippen LogP contribution in [0.1, 0.15) is 12.5 Å². The maximum absolute atomic E-state index is 13.0. The van der Waals surface area contributed by atoms with Crippen LogP contribution in [0.3, 0.4) is 0 Å². The summed E-state index contributed by atoms with van der Waals surface area (Å²) in [5, 5.41) is 8.11. The molecule has 146 valence electrons. The number of thioether (sulfide) groups is 1. The topological polar surface area (TPSA) is 59.3 Å². The number of nitrogens with one attached hydrogen (secondary N) is 1. The Labute approximate surface area is 172 Å². The lowest BCUT2D eigenvalue weighted by Crippen LogP contribution is -2.14. The number of nitrogens with zero attached hydrogens (tertiary/aromatic N) is 3. The van der Waals surface area contributed by atoms with Crippen molar-refractivity contribution in [3.05, 3.63) is 78.4 Å². The maximum Gasteiger partial charge on any atom is 0.234 e. The van der Waals surface area contributed by atoms with Gasteiger partial charge in [0.25, 0.3) is 0 Å². The molecule has 0 spiro atoms. The molecule has 4 aromatic rings. The molecule has 4 rings (SSSR count). The van der Waals surface area contributed by atoms with Crippen LogP contribution in [0.5, 0.6) is 0 Å². The van der Waals surface area contributed by atoms with E-state index in [1.807, 2.05) is 6.07 Å². The first-order chi connectivity index (χ1) is 14.1. The van der Waals surface area contributed by atoms with Gasteiger partial charge in [0.15, 0.2) is 0 Å². The zero-order valence-corrected chi connectivity index (χ0v) is 16.6. The third-order valence-corrected chi connectivity index (χ3v) is 5.47. The summed E-state index contributed by atoms with van der Waals surface area (Å²) in [5.41, 5.74) is 4.59. The van der Waals surface area contributed by atoms with Gasteiger partial charge in [-0.2, -0.15) is 5.10 Å². The molecule has 2 aromatic carbocycles. The minimum Gasteiger partial charge on any atom is -0.325 e. The van der Waals surface area contributed by atoms with E-state index < -0.39 is 0 Å². The van der Waals surface area contributed by atoms with E-state index in [4.69, 9.17) is 0 Å². The van der Waals surface area contributed by atoms with Gasteiger partial charge in [-0.05, 0) is 42.3 Å². The quantitative estimate of drug-likeness (QED) is 0.466. The van der Waals surface area contributed by atoms with E-state index in [9.17, 15) is 9.18 Å². The van der Waals surface area contributed by atoms with Crippen molar-refractivity contribution in [3.8, 4) is 11.3 Å². The molecule has 0 aliphatic heterocycles. The van der Waals surface area contributed by atoms with Crippen LogP contribution in [0.4, 0.5) is 10.1 Å². The number of hydrogen-bond acceptors (Lipinski definition) is 4. The number of aromatic nitrogens is 3. The molecule has 0 aliphatic rings. The molecule has 2 aromatic heterocycles. The second kappa shape index (κ2) is 8.45. The zero-order chi connectivity index (χ0) is 20.2. The predicted molar refractivity (Wildman–Crippen MR) is 114 cm³/mol. The van der Waals surface area contributed by atoms with Gasteiger partial charge >= 0.3 is 0 Å². The number of amides is 1. The summed E-state index contributed by atoms with van der Waals surface area (Å²) in [6.07, 6.45) is 4.46. The molecule has 0 aliphatic carbocycles. The largest absolute Gasteiger partial charge is 0.325 e. The lowest BCUT2D eigenvalue weighted by atomic mass is 10.1. The van der Waals surface area contributed by atoms with E-state index in [1.54, 1.807) is 16.9 Å². The number of rotatable bonds is 6. The molecule has 1 amide bonds. The van der Waals surface area contributed by atoms with E-state index in [0.717, 1.165) is 28.2 Å². The van der Waals surface area contributed by atoms with Crippen LogP contribution in [0.25, 0.3) is 16.8 Å². The van der Waals surface area contributed by atoms with Gasteiger partial charge in [0.2, 0.25) is 5.91 Å². The van der Waals surface area contributed by atoms with Gasteiger partial charge in [0.05, 0.1) is 17.0 Å². The first-order valence-corrected chi connectivity index (χ1v) is 10.2. The van der Waals surface area contributed by atoms with Crippen LogP contribution in [-0.2, 0) is 11.2 Å². The third-order valence-electron chi connectivity index (χ3n) is 4.48. The zero-order valence-electron chi connectivity index (χ0n) is 15.8. The van der Waals surface area contributed by atoms with Crippen LogP contribution >= 0.6 is 11.8 Å². The second-order valence-corrected chi connectivity index (χ2v) is 7.45. The van der Waals surface area contributed by atoms with Crippen molar-refractivity contribution >= 4 is 28.9 Å². The number of fused-ring (bicyclic) bond motifs is 1. The van der Waals surface area contributed by atoms with Crippen molar-refractivity contribution in [1.29, 1.82) is 0 Å². The molecule has 0 saturated heterocycles. The van der Waals surface area contributed by atoms with E-state index >= 15 is 0 Å². The van der Waals surface area contributed by atoms with E-state index in [2.05, 4.69) is 46.6 Å². The van der Waals surface area contributed by atoms with Crippen LogP contribution in [0.15, 0.2) is 72.0 Å². The first kappa shape index (κ1) is 19.1. The molecule has 1 N–H and O–H groups in total. The van der Waals surface area contributed by atoms with Gasteiger partial charge in [-0.15, -0.1) is 0 Å². The van der Waals surface area contributed by atoms with Crippen LogP contribution in [0, 0.1) is 5.82 Å². The molecule has 0 fully saturated rings. The summed E-state index contributed by atoms with van der Waals surface area (Å²) in [6, 6.07) is 16.0. The minimum atomic E-state index is -0.339. The number of benzene rings is 2. The lowest BCUT2D eigenvalue weighted by molar-refractivity contribution is -0.113. The summed E-state index contributed by atoms with van der Waals surface area (Å²) in [6.45, 7) is 2.13. The Bertz CT molecular complexity index is 1140. The highest BCUT2D eigenvalue weighted by molar-refractivity contribution is 8.00. The number of anilines is 1. The highest BCUT2D eigenvalue weighted by atomic mass is 32.2. The number of carbonyl (C=O) groups excluding carboxylic acids is 1. The SMILES string of the molecule is CCc1ccc(-c2cc3c(SCC(=O)Nc4ccc(F)cc4)nccn3n2)cc1. The molecule has 0 bridgehead atoms. The molecular weight excluding hydrogens is 387 g/mol. The van der Waals surface area contributed by atoms with Gasteiger partial charge in [0.1, 0.15) is 10.8 Å². The Morgan fingerprint density at radius 2 is 1.90 bits per heavy atom. The number of halogens is 1. The number of hydrogen-bond donors (Lipinski definition) is 1. The minimum absolute atomic E-state index is 0.180.